The van der Waals surface area contributed by atoms with Crippen LogP contribution in [0.15, 0.2) is 23.4 Å². The van der Waals surface area contributed by atoms with Gasteiger partial charge in [-0.05, 0) is 19.9 Å². The van der Waals surface area contributed by atoms with Crippen LogP contribution in [0.2, 0.25) is 5.02 Å². The van der Waals surface area contributed by atoms with E-state index in [0.717, 1.165) is 5.39 Å². The van der Waals surface area contributed by atoms with E-state index in [0.29, 0.717) is 5.65 Å². The largest absolute Gasteiger partial charge is 0.289 e. The molecule has 0 saturated heterocycles. The fourth-order valence-electron chi connectivity index (χ4n) is 1.53. The minimum Gasteiger partial charge on any atom is -0.289 e. The van der Waals surface area contributed by atoms with E-state index in [1.54, 1.807) is 16.8 Å². The average Bonchev–Trinajstić information content (AvgIpc) is 2.19. The lowest BCUT2D eigenvalue weighted by Gasteiger charge is -2.12. The Kier molecular flexibility index (Phi) is 2.44. The first-order valence-electron chi connectivity index (χ1n) is 4.62. The third-order valence-electron chi connectivity index (χ3n) is 2.17. The smallest absolute Gasteiger partial charge is 0.271 e. The van der Waals surface area contributed by atoms with Gasteiger partial charge >= 0.3 is 0 Å². The highest BCUT2D eigenvalue weighted by molar-refractivity contribution is 6.31. The predicted octanol–water partition coefficient (Wildman–Crippen LogP) is 2.03. The molecule has 2 heterocycles. The van der Waals surface area contributed by atoms with E-state index >= 15 is 0 Å². The van der Waals surface area contributed by atoms with Gasteiger partial charge in [0.15, 0.2) is 0 Å². The molecule has 0 aromatic carbocycles. The summed E-state index contributed by atoms with van der Waals surface area (Å²) in [5, 5.41) is 0.974. The number of halogens is 1. The van der Waals surface area contributed by atoms with Crippen molar-refractivity contribution < 1.29 is 0 Å². The Morgan fingerprint density at radius 2 is 2.20 bits per heavy atom. The number of nitrogens with zero attached hydrogens (tertiary/aromatic N) is 3. The number of hydrogen-bond donors (Lipinski definition) is 0. The zero-order valence-electron chi connectivity index (χ0n) is 8.44. The van der Waals surface area contributed by atoms with Crippen molar-refractivity contribution in [2.75, 3.05) is 0 Å². The number of aromatic nitrogens is 3. The van der Waals surface area contributed by atoms with Crippen molar-refractivity contribution in [2.24, 2.45) is 0 Å². The maximum Gasteiger partial charge on any atom is 0.271 e. The second-order valence-electron chi connectivity index (χ2n) is 3.56. The van der Waals surface area contributed by atoms with E-state index in [4.69, 9.17) is 11.6 Å². The molecule has 0 amide bonds. The molecule has 0 aliphatic rings. The second kappa shape index (κ2) is 3.62. The van der Waals surface area contributed by atoms with Crippen LogP contribution in [0.5, 0.6) is 0 Å². The summed E-state index contributed by atoms with van der Waals surface area (Å²) < 4.78 is 1.57. The summed E-state index contributed by atoms with van der Waals surface area (Å²) in [7, 11) is 0. The highest BCUT2D eigenvalue weighted by Crippen LogP contribution is 2.15. The third kappa shape index (κ3) is 1.61. The van der Waals surface area contributed by atoms with Gasteiger partial charge in [0, 0.05) is 17.6 Å². The van der Waals surface area contributed by atoms with Gasteiger partial charge in [-0.2, -0.15) is 0 Å². The molecule has 15 heavy (non-hydrogen) atoms. The maximum absolute atomic E-state index is 11.8. The van der Waals surface area contributed by atoms with Crippen LogP contribution < -0.4 is 5.56 Å². The Balaban J connectivity index is 2.96. The van der Waals surface area contributed by atoms with E-state index in [1.807, 2.05) is 13.8 Å². The molecule has 5 heteroatoms. The van der Waals surface area contributed by atoms with Gasteiger partial charge in [0.1, 0.15) is 17.0 Å². The molecule has 0 fully saturated rings. The highest BCUT2D eigenvalue weighted by Gasteiger charge is 2.10. The van der Waals surface area contributed by atoms with Crippen LogP contribution in [0.3, 0.4) is 0 Å². The van der Waals surface area contributed by atoms with Crippen molar-refractivity contribution in [2.45, 2.75) is 19.9 Å². The molecule has 0 N–H and O–H groups in total. The molecule has 0 aliphatic heterocycles. The molecular formula is C10H10ClN3O. The summed E-state index contributed by atoms with van der Waals surface area (Å²) in [6.07, 6.45) is 3.07. The lowest BCUT2D eigenvalue weighted by atomic mass is 10.3. The van der Waals surface area contributed by atoms with Crippen molar-refractivity contribution in [1.82, 2.24) is 14.5 Å². The maximum atomic E-state index is 11.8. The van der Waals surface area contributed by atoms with Gasteiger partial charge in [0.05, 0.1) is 0 Å². The van der Waals surface area contributed by atoms with Crippen molar-refractivity contribution in [3.63, 3.8) is 0 Å². The monoisotopic (exact) mass is 223 g/mol. The van der Waals surface area contributed by atoms with Gasteiger partial charge in [-0.25, -0.2) is 9.97 Å². The van der Waals surface area contributed by atoms with Gasteiger partial charge < -0.3 is 0 Å². The van der Waals surface area contributed by atoms with Crippen LogP contribution in [0.1, 0.15) is 19.9 Å². The quantitative estimate of drug-likeness (QED) is 0.743. The lowest BCUT2D eigenvalue weighted by molar-refractivity contribution is 0.595. The summed E-state index contributed by atoms with van der Waals surface area (Å²) >= 11 is 5.85. The first-order valence-corrected chi connectivity index (χ1v) is 5.00. The number of fused-ring (bicyclic) bond motifs is 1. The summed E-state index contributed by atoms with van der Waals surface area (Å²) in [6.45, 7) is 3.83. The van der Waals surface area contributed by atoms with Gasteiger partial charge in [0.2, 0.25) is 0 Å². The molecule has 78 valence electrons. The molecule has 0 aliphatic carbocycles. The van der Waals surface area contributed by atoms with E-state index in [9.17, 15) is 4.79 Å². The first-order chi connectivity index (χ1) is 7.11. The Hall–Kier alpha value is -1.42. The SMILES string of the molecule is CC(C)n1c(=O)c(Cl)cc2cncnc21. The van der Waals surface area contributed by atoms with Crippen LogP contribution in [0, 0.1) is 0 Å². The fraction of sp³-hybridized carbons (Fsp3) is 0.300. The molecule has 0 radical (unpaired) electrons. The van der Waals surface area contributed by atoms with Crippen molar-refractivity contribution in [1.29, 1.82) is 0 Å². The molecular weight excluding hydrogens is 214 g/mol. The van der Waals surface area contributed by atoms with Crippen molar-refractivity contribution >= 4 is 22.6 Å². The number of rotatable bonds is 1. The normalized spacial score (nSPS) is 11.2. The average molecular weight is 224 g/mol. The van der Waals surface area contributed by atoms with Gasteiger partial charge in [0.25, 0.3) is 5.56 Å². The molecule has 0 bridgehead atoms. The zero-order valence-corrected chi connectivity index (χ0v) is 9.19. The Labute approximate surface area is 91.5 Å². The lowest BCUT2D eigenvalue weighted by Crippen LogP contribution is -2.23. The fourth-order valence-corrected chi connectivity index (χ4v) is 1.73. The second-order valence-corrected chi connectivity index (χ2v) is 3.97. The third-order valence-corrected chi connectivity index (χ3v) is 2.44. The molecule has 0 spiro atoms. The van der Waals surface area contributed by atoms with Crippen LogP contribution in [0.4, 0.5) is 0 Å². The number of hydrogen-bond acceptors (Lipinski definition) is 3. The van der Waals surface area contributed by atoms with Gasteiger partial charge in [-0.15, -0.1) is 0 Å². The molecule has 0 atom stereocenters. The van der Waals surface area contributed by atoms with Crippen molar-refractivity contribution in [3.8, 4) is 0 Å². The van der Waals surface area contributed by atoms with Crippen LogP contribution in [-0.2, 0) is 0 Å². The molecule has 0 saturated carbocycles. The van der Waals surface area contributed by atoms with Crippen LogP contribution >= 0.6 is 11.6 Å². The van der Waals surface area contributed by atoms with Crippen LogP contribution in [-0.4, -0.2) is 14.5 Å². The minimum absolute atomic E-state index is 0.0219. The Morgan fingerprint density at radius 1 is 1.47 bits per heavy atom. The Morgan fingerprint density at radius 3 is 2.87 bits per heavy atom. The van der Waals surface area contributed by atoms with E-state index in [1.165, 1.54) is 6.33 Å². The summed E-state index contributed by atoms with van der Waals surface area (Å²) in [5.74, 6) is 0. The molecule has 4 nitrogen and oxygen atoms in total. The minimum atomic E-state index is -0.210. The van der Waals surface area contributed by atoms with E-state index < -0.39 is 0 Å². The molecule has 0 unspecified atom stereocenters. The highest BCUT2D eigenvalue weighted by atomic mass is 35.5. The molecule has 2 rings (SSSR count). The van der Waals surface area contributed by atoms with E-state index in [-0.39, 0.29) is 16.6 Å². The number of pyridine rings is 1. The van der Waals surface area contributed by atoms with Gasteiger partial charge in [-0.1, -0.05) is 11.6 Å². The molecule has 2 aromatic heterocycles. The summed E-state index contributed by atoms with van der Waals surface area (Å²) in [6, 6.07) is 1.62. The molecule has 2 aromatic rings. The first kappa shape index (κ1) is 10.1. The zero-order chi connectivity index (χ0) is 11.0. The summed E-state index contributed by atoms with van der Waals surface area (Å²) in [5.41, 5.74) is 0.410. The summed E-state index contributed by atoms with van der Waals surface area (Å²) in [4.78, 5) is 19.8. The topological polar surface area (TPSA) is 47.8 Å². The predicted molar refractivity (Wildman–Crippen MR) is 59.2 cm³/mol. The Bertz CT molecular complexity index is 562. The van der Waals surface area contributed by atoms with Crippen molar-refractivity contribution in [3.05, 3.63) is 34.0 Å². The van der Waals surface area contributed by atoms with E-state index in [2.05, 4.69) is 9.97 Å². The standard InChI is InChI=1S/C10H10ClN3O/c1-6(2)14-9-7(4-12-5-13-9)3-8(11)10(14)15/h3-6H,1-2H3. The van der Waals surface area contributed by atoms with Crippen LogP contribution in [0.25, 0.3) is 11.0 Å². The van der Waals surface area contributed by atoms with Gasteiger partial charge in [-0.3, -0.25) is 9.36 Å².